The van der Waals surface area contributed by atoms with E-state index >= 15 is 0 Å². The third-order valence-electron chi connectivity index (χ3n) is 5.64. The number of fused-ring (bicyclic) bond motifs is 1. The number of nitrogens with one attached hydrogen (secondary N) is 1. The molecule has 4 heteroatoms. The lowest BCUT2D eigenvalue weighted by Crippen LogP contribution is -2.20. The molecular weight excluding hydrogens is 346 g/mol. The zero-order valence-electron chi connectivity index (χ0n) is 16.9. The molecule has 1 N–H and O–H groups in total. The number of carbonyl (C=O) groups excluding carboxylic acids is 1. The van der Waals surface area contributed by atoms with Gasteiger partial charge in [-0.25, -0.2) is 5.43 Å². The van der Waals surface area contributed by atoms with E-state index in [9.17, 15) is 4.79 Å². The maximum Gasteiger partial charge on any atom is 0.243 e. The van der Waals surface area contributed by atoms with Gasteiger partial charge in [-0.2, -0.15) is 5.10 Å². The summed E-state index contributed by atoms with van der Waals surface area (Å²) in [5, 5.41) is 5.33. The fraction of sp³-hybridized carbons (Fsp3) is 0.333. The summed E-state index contributed by atoms with van der Waals surface area (Å²) in [6.07, 6.45) is 4.65. The Labute approximate surface area is 166 Å². The predicted octanol–water partition coefficient (Wildman–Crippen LogP) is 4.73. The lowest BCUT2D eigenvalue weighted by molar-refractivity contribution is -0.122. The van der Waals surface area contributed by atoms with E-state index in [1.807, 2.05) is 25.4 Å². The van der Waals surface area contributed by atoms with Crippen LogP contribution >= 0.6 is 0 Å². The second kappa shape index (κ2) is 6.93. The molecule has 2 unspecified atom stereocenters. The van der Waals surface area contributed by atoms with Crippen molar-refractivity contribution in [3.8, 4) is 0 Å². The molecule has 2 aromatic carbocycles. The van der Waals surface area contributed by atoms with E-state index < -0.39 is 0 Å². The molecule has 4 nitrogen and oxygen atoms in total. The third-order valence-corrected chi connectivity index (χ3v) is 5.64. The van der Waals surface area contributed by atoms with E-state index in [4.69, 9.17) is 0 Å². The average molecular weight is 374 g/mol. The monoisotopic (exact) mass is 373 g/mol. The van der Waals surface area contributed by atoms with E-state index in [2.05, 4.69) is 72.3 Å². The summed E-state index contributed by atoms with van der Waals surface area (Å²) in [7, 11) is 2.01. The third kappa shape index (κ3) is 3.59. The van der Waals surface area contributed by atoms with Crippen LogP contribution in [-0.2, 0) is 17.3 Å². The number of amides is 1. The van der Waals surface area contributed by atoms with Gasteiger partial charge in [0.05, 0.1) is 6.21 Å². The minimum atomic E-state index is 0.00128. The summed E-state index contributed by atoms with van der Waals surface area (Å²) in [4.78, 5) is 12.4. The van der Waals surface area contributed by atoms with E-state index in [0.717, 1.165) is 22.9 Å². The van der Waals surface area contributed by atoms with Crippen LogP contribution in [0.15, 0.2) is 59.8 Å². The lowest BCUT2D eigenvalue weighted by Gasteiger charge is -2.19. The zero-order valence-corrected chi connectivity index (χ0v) is 16.9. The Balaban J connectivity index is 1.38. The Morgan fingerprint density at radius 1 is 1.14 bits per heavy atom. The van der Waals surface area contributed by atoms with E-state index in [1.54, 1.807) is 6.21 Å². The van der Waals surface area contributed by atoms with Crippen molar-refractivity contribution in [1.29, 1.82) is 0 Å². The van der Waals surface area contributed by atoms with Crippen LogP contribution in [0.3, 0.4) is 0 Å². The van der Waals surface area contributed by atoms with Gasteiger partial charge in [-0.05, 0) is 34.9 Å². The molecule has 0 bridgehead atoms. The number of hydrazone groups is 1. The maximum absolute atomic E-state index is 12.4. The normalized spacial score (nSPS) is 19.3. The SMILES string of the molecule is Cn1cc(/C=N/NC(=O)C2CC2c2ccc(C(C)(C)C)cc2)c2ccccc21. The van der Waals surface area contributed by atoms with Crippen LogP contribution in [-0.4, -0.2) is 16.7 Å². The van der Waals surface area contributed by atoms with Crippen molar-refractivity contribution in [3.63, 3.8) is 0 Å². The Hall–Kier alpha value is -2.88. The number of benzene rings is 2. The van der Waals surface area contributed by atoms with Crippen LogP contribution < -0.4 is 5.43 Å². The molecule has 1 aliphatic rings. The maximum atomic E-state index is 12.4. The fourth-order valence-corrected chi connectivity index (χ4v) is 3.81. The molecule has 2 atom stereocenters. The van der Waals surface area contributed by atoms with Crippen LogP contribution in [0.5, 0.6) is 0 Å². The number of hydrogen-bond acceptors (Lipinski definition) is 2. The Kier molecular flexibility index (Phi) is 4.58. The molecule has 1 heterocycles. The second-order valence-corrected chi connectivity index (χ2v) is 8.77. The average Bonchev–Trinajstić information content (AvgIpc) is 3.41. The summed E-state index contributed by atoms with van der Waals surface area (Å²) in [5.41, 5.74) is 7.58. The second-order valence-electron chi connectivity index (χ2n) is 8.77. The molecule has 1 aliphatic carbocycles. The van der Waals surface area contributed by atoms with Gasteiger partial charge in [0.15, 0.2) is 0 Å². The molecule has 144 valence electrons. The van der Waals surface area contributed by atoms with Crippen LogP contribution in [0.1, 0.15) is 49.8 Å². The molecule has 1 saturated carbocycles. The first kappa shape index (κ1) is 18.5. The Morgan fingerprint density at radius 2 is 1.86 bits per heavy atom. The summed E-state index contributed by atoms with van der Waals surface area (Å²) in [6.45, 7) is 6.63. The van der Waals surface area contributed by atoms with Crippen molar-refractivity contribution >= 4 is 23.0 Å². The number of nitrogens with zero attached hydrogens (tertiary/aromatic N) is 2. The van der Waals surface area contributed by atoms with Crippen LogP contribution in [0.2, 0.25) is 0 Å². The molecule has 1 amide bonds. The molecule has 0 aliphatic heterocycles. The minimum absolute atomic E-state index is 0.00128. The number of carbonyl (C=O) groups is 1. The first-order valence-electron chi connectivity index (χ1n) is 9.82. The molecule has 0 spiro atoms. The van der Waals surface area contributed by atoms with Gasteiger partial charge in [0.25, 0.3) is 0 Å². The van der Waals surface area contributed by atoms with Gasteiger partial charge in [0.1, 0.15) is 0 Å². The highest BCUT2D eigenvalue weighted by Crippen LogP contribution is 2.47. The number of aryl methyl sites for hydroxylation is 1. The van der Waals surface area contributed by atoms with Gasteiger partial charge >= 0.3 is 0 Å². The standard InChI is InChI=1S/C24H27N3O/c1-24(2,3)18-11-9-16(10-12-18)20-13-21(20)23(28)26-25-14-17-15-27(4)22-8-6-5-7-19(17)22/h5-12,14-15,20-21H,13H2,1-4H3,(H,26,28)/b25-14+. The molecule has 3 aromatic rings. The minimum Gasteiger partial charge on any atom is -0.350 e. The Morgan fingerprint density at radius 3 is 2.57 bits per heavy atom. The quantitative estimate of drug-likeness (QED) is 0.521. The first-order valence-corrected chi connectivity index (χ1v) is 9.82. The highest BCUT2D eigenvalue weighted by molar-refractivity contribution is 5.99. The van der Waals surface area contributed by atoms with Crippen molar-refractivity contribution in [2.24, 2.45) is 18.1 Å². The van der Waals surface area contributed by atoms with Gasteiger partial charge in [0.2, 0.25) is 5.91 Å². The first-order chi connectivity index (χ1) is 13.3. The molecule has 1 fully saturated rings. The molecule has 4 rings (SSSR count). The molecular formula is C24H27N3O. The number of hydrogen-bond donors (Lipinski definition) is 1. The molecule has 28 heavy (non-hydrogen) atoms. The number of rotatable bonds is 4. The highest BCUT2D eigenvalue weighted by atomic mass is 16.2. The van der Waals surface area contributed by atoms with Gasteiger partial charge in [-0.1, -0.05) is 63.2 Å². The van der Waals surface area contributed by atoms with Crippen molar-refractivity contribution in [2.75, 3.05) is 0 Å². The van der Waals surface area contributed by atoms with Crippen LogP contribution in [0.4, 0.5) is 0 Å². The number of aromatic nitrogens is 1. The molecule has 1 aromatic heterocycles. The largest absolute Gasteiger partial charge is 0.350 e. The van der Waals surface area contributed by atoms with E-state index in [0.29, 0.717) is 5.92 Å². The van der Waals surface area contributed by atoms with Crippen molar-refractivity contribution in [3.05, 3.63) is 71.4 Å². The van der Waals surface area contributed by atoms with Gasteiger partial charge < -0.3 is 4.57 Å². The van der Waals surface area contributed by atoms with Crippen molar-refractivity contribution in [2.45, 2.75) is 38.5 Å². The summed E-state index contributed by atoms with van der Waals surface area (Å²) < 4.78 is 2.07. The molecule has 0 radical (unpaired) electrons. The fourth-order valence-electron chi connectivity index (χ4n) is 3.81. The van der Waals surface area contributed by atoms with Crippen molar-refractivity contribution < 1.29 is 4.79 Å². The van der Waals surface area contributed by atoms with E-state index in [1.165, 1.54) is 11.1 Å². The van der Waals surface area contributed by atoms with Crippen LogP contribution in [0.25, 0.3) is 10.9 Å². The van der Waals surface area contributed by atoms with Crippen molar-refractivity contribution in [1.82, 2.24) is 9.99 Å². The highest BCUT2D eigenvalue weighted by Gasteiger charge is 2.44. The topological polar surface area (TPSA) is 46.4 Å². The van der Waals surface area contributed by atoms with Crippen LogP contribution in [0, 0.1) is 5.92 Å². The van der Waals surface area contributed by atoms with Gasteiger partial charge in [0, 0.05) is 35.6 Å². The van der Waals surface area contributed by atoms with Gasteiger partial charge in [-0.15, -0.1) is 0 Å². The number of para-hydroxylation sites is 1. The predicted molar refractivity (Wildman–Crippen MR) is 115 cm³/mol. The smallest absolute Gasteiger partial charge is 0.243 e. The Bertz CT molecular complexity index is 1040. The lowest BCUT2D eigenvalue weighted by atomic mass is 9.86. The molecule has 0 saturated heterocycles. The van der Waals surface area contributed by atoms with E-state index in [-0.39, 0.29) is 17.2 Å². The summed E-state index contributed by atoms with van der Waals surface area (Å²) in [6, 6.07) is 16.9. The summed E-state index contributed by atoms with van der Waals surface area (Å²) >= 11 is 0. The van der Waals surface area contributed by atoms with Gasteiger partial charge in [-0.3, -0.25) is 4.79 Å². The summed E-state index contributed by atoms with van der Waals surface area (Å²) in [5.74, 6) is 0.327. The zero-order chi connectivity index (χ0) is 19.9.